The number of ether oxygens (including phenoxy) is 1. The van der Waals surface area contributed by atoms with Crippen molar-refractivity contribution in [2.75, 3.05) is 30.4 Å². The standard InChI is InChI=1S/C21H25N5O3S/c1-14-13-29-10-9-26(14)18-12-17(21(2)6-3-11-30(21,27)28)24-20(25-18)16-5-8-23-19-15(16)4-7-22-19/h4-5,7-8,12,14H,3,6,9-11,13H2,1-2H3,(H,22,23)/t14-,21?/m1/s1. The summed E-state index contributed by atoms with van der Waals surface area (Å²) >= 11 is 0. The molecule has 3 aromatic rings. The highest BCUT2D eigenvalue weighted by Gasteiger charge is 2.46. The third kappa shape index (κ3) is 2.99. The van der Waals surface area contributed by atoms with Gasteiger partial charge in [0.25, 0.3) is 0 Å². The Labute approximate surface area is 175 Å². The summed E-state index contributed by atoms with van der Waals surface area (Å²) in [6.07, 6.45) is 4.77. The Morgan fingerprint density at radius 2 is 2.17 bits per heavy atom. The van der Waals surface area contributed by atoms with Gasteiger partial charge in [-0.3, -0.25) is 0 Å². The van der Waals surface area contributed by atoms with Gasteiger partial charge < -0.3 is 14.6 Å². The molecule has 0 aromatic carbocycles. The first kappa shape index (κ1) is 19.4. The highest BCUT2D eigenvalue weighted by atomic mass is 32.2. The maximum Gasteiger partial charge on any atom is 0.162 e. The summed E-state index contributed by atoms with van der Waals surface area (Å²) in [5.41, 5.74) is 2.16. The molecule has 2 saturated heterocycles. The molecule has 0 aliphatic carbocycles. The van der Waals surface area contributed by atoms with E-state index in [2.05, 4.69) is 21.8 Å². The first-order chi connectivity index (χ1) is 14.4. The predicted octanol–water partition coefficient (Wildman–Crippen LogP) is 2.67. The fourth-order valence-corrected chi connectivity index (χ4v) is 6.32. The summed E-state index contributed by atoms with van der Waals surface area (Å²) in [6, 6.07) is 5.84. The fourth-order valence-electron chi connectivity index (χ4n) is 4.46. The summed E-state index contributed by atoms with van der Waals surface area (Å²) in [6.45, 7) is 5.82. The Hall–Kier alpha value is -2.52. The number of H-pyrrole nitrogens is 1. The lowest BCUT2D eigenvalue weighted by Gasteiger charge is -2.35. The Morgan fingerprint density at radius 3 is 2.93 bits per heavy atom. The van der Waals surface area contributed by atoms with Crippen LogP contribution in [0.25, 0.3) is 22.4 Å². The molecule has 9 heteroatoms. The van der Waals surface area contributed by atoms with E-state index in [0.717, 1.165) is 22.4 Å². The van der Waals surface area contributed by atoms with Crippen LogP contribution in [0.5, 0.6) is 0 Å². The lowest BCUT2D eigenvalue weighted by atomic mass is 10.0. The summed E-state index contributed by atoms with van der Waals surface area (Å²) < 4.78 is 30.5. The zero-order chi connectivity index (χ0) is 20.9. The van der Waals surface area contributed by atoms with E-state index in [1.54, 1.807) is 13.1 Å². The highest BCUT2D eigenvalue weighted by molar-refractivity contribution is 7.92. The van der Waals surface area contributed by atoms with Crippen molar-refractivity contribution in [1.29, 1.82) is 0 Å². The molecule has 1 N–H and O–H groups in total. The molecule has 2 fully saturated rings. The molecule has 0 amide bonds. The maximum absolute atomic E-state index is 12.9. The van der Waals surface area contributed by atoms with Gasteiger partial charge in [0.15, 0.2) is 15.7 Å². The van der Waals surface area contributed by atoms with Gasteiger partial charge in [-0.2, -0.15) is 0 Å². The Morgan fingerprint density at radius 1 is 1.30 bits per heavy atom. The Balaban J connectivity index is 1.73. The lowest BCUT2D eigenvalue weighted by molar-refractivity contribution is 0.0985. The van der Waals surface area contributed by atoms with Crippen molar-refractivity contribution in [1.82, 2.24) is 19.9 Å². The predicted molar refractivity (Wildman–Crippen MR) is 115 cm³/mol. The number of aromatic amines is 1. The van der Waals surface area contributed by atoms with Crippen LogP contribution in [0.2, 0.25) is 0 Å². The number of rotatable bonds is 3. The van der Waals surface area contributed by atoms with E-state index < -0.39 is 14.6 Å². The normalized spacial score (nSPS) is 26.3. The van der Waals surface area contributed by atoms with Gasteiger partial charge in [0, 0.05) is 36.0 Å². The number of morpholine rings is 1. The molecule has 0 saturated carbocycles. The van der Waals surface area contributed by atoms with Gasteiger partial charge in [-0.25, -0.2) is 23.4 Å². The molecule has 3 aromatic heterocycles. The number of anilines is 1. The molecule has 0 spiro atoms. The van der Waals surface area contributed by atoms with Crippen molar-refractivity contribution in [2.45, 2.75) is 37.5 Å². The summed E-state index contributed by atoms with van der Waals surface area (Å²) in [4.78, 5) is 19.3. The van der Waals surface area contributed by atoms with Crippen LogP contribution in [0.4, 0.5) is 5.82 Å². The Bertz CT molecular complexity index is 1210. The smallest absolute Gasteiger partial charge is 0.162 e. The van der Waals surface area contributed by atoms with E-state index in [4.69, 9.17) is 14.7 Å². The number of hydrogen-bond donors (Lipinski definition) is 1. The average molecular weight is 428 g/mol. The maximum atomic E-state index is 12.9. The summed E-state index contributed by atoms with van der Waals surface area (Å²) in [5, 5.41) is 0.912. The molecule has 8 nitrogen and oxygen atoms in total. The molecule has 2 aliphatic rings. The lowest BCUT2D eigenvalue weighted by Crippen LogP contribution is -2.44. The van der Waals surface area contributed by atoms with Gasteiger partial charge in [0.2, 0.25) is 0 Å². The van der Waals surface area contributed by atoms with Gasteiger partial charge in [0.05, 0.1) is 30.7 Å². The summed E-state index contributed by atoms with van der Waals surface area (Å²) in [7, 11) is -3.28. The van der Waals surface area contributed by atoms with E-state index in [0.29, 0.717) is 44.1 Å². The van der Waals surface area contributed by atoms with Crippen LogP contribution in [0.3, 0.4) is 0 Å². The van der Waals surface area contributed by atoms with Gasteiger partial charge in [-0.1, -0.05) is 0 Å². The molecule has 158 valence electrons. The monoisotopic (exact) mass is 427 g/mol. The van der Waals surface area contributed by atoms with Crippen molar-refractivity contribution in [3.8, 4) is 11.4 Å². The summed E-state index contributed by atoms with van der Waals surface area (Å²) in [5.74, 6) is 1.47. The molecule has 30 heavy (non-hydrogen) atoms. The fraction of sp³-hybridized carbons (Fsp3) is 0.476. The number of aromatic nitrogens is 4. The average Bonchev–Trinajstić information content (AvgIpc) is 3.32. The number of sulfone groups is 1. The van der Waals surface area contributed by atoms with Crippen molar-refractivity contribution in [3.63, 3.8) is 0 Å². The second-order valence-corrected chi connectivity index (χ2v) is 10.8. The minimum Gasteiger partial charge on any atom is -0.377 e. The van der Waals surface area contributed by atoms with Gasteiger partial charge in [-0.05, 0) is 38.8 Å². The van der Waals surface area contributed by atoms with E-state index in [-0.39, 0.29) is 11.8 Å². The zero-order valence-corrected chi connectivity index (χ0v) is 17.9. The van der Waals surface area contributed by atoms with Crippen LogP contribution in [0.1, 0.15) is 32.4 Å². The van der Waals surface area contributed by atoms with Crippen molar-refractivity contribution < 1.29 is 13.2 Å². The third-order valence-corrected chi connectivity index (χ3v) is 8.98. The van der Waals surface area contributed by atoms with E-state index in [9.17, 15) is 8.42 Å². The number of nitrogens with one attached hydrogen (secondary N) is 1. The molecular weight excluding hydrogens is 402 g/mol. The Kier molecular flexibility index (Phi) is 4.55. The molecule has 5 rings (SSSR count). The van der Waals surface area contributed by atoms with Crippen molar-refractivity contribution >= 4 is 26.7 Å². The van der Waals surface area contributed by atoms with E-state index in [1.165, 1.54) is 0 Å². The quantitative estimate of drug-likeness (QED) is 0.686. The molecule has 0 radical (unpaired) electrons. The number of nitrogens with zero attached hydrogens (tertiary/aromatic N) is 4. The molecule has 1 unspecified atom stereocenters. The van der Waals surface area contributed by atoms with Crippen molar-refractivity contribution in [2.24, 2.45) is 0 Å². The van der Waals surface area contributed by atoms with Crippen LogP contribution < -0.4 is 4.90 Å². The number of hydrogen-bond acceptors (Lipinski definition) is 7. The van der Waals surface area contributed by atoms with E-state index in [1.807, 2.05) is 24.4 Å². The number of pyridine rings is 1. The molecule has 5 heterocycles. The second kappa shape index (κ2) is 7.02. The third-order valence-electron chi connectivity index (χ3n) is 6.37. The van der Waals surface area contributed by atoms with Gasteiger partial charge in [-0.15, -0.1) is 0 Å². The minimum atomic E-state index is -3.28. The van der Waals surface area contributed by atoms with Gasteiger partial charge in [0.1, 0.15) is 16.2 Å². The largest absolute Gasteiger partial charge is 0.377 e. The second-order valence-electron chi connectivity index (χ2n) is 8.30. The first-order valence-corrected chi connectivity index (χ1v) is 11.9. The van der Waals surface area contributed by atoms with Crippen molar-refractivity contribution in [3.05, 3.63) is 36.3 Å². The van der Waals surface area contributed by atoms with Gasteiger partial charge >= 0.3 is 0 Å². The van der Waals surface area contributed by atoms with Crippen LogP contribution in [0.15, 0.2) is 30.6 Å². The van der Waals surface area contributed by atoms with Crippen LogP contribution in [-0.4, -0.2) is 59.9 Å². The molecular formula is C21H25N5O3S. The minimum absolute atomic E-state index is 0.145. The first-order valence-electron chi connectivity index (χ1n) is 10.3. The SMILES string of the molecule is C[C@@H]1COCCN1c1cc(C2(C)CCCS2(=O)=O)nc(-c2ccnc3[nH]ccc23)n1. The molecule has 2 aliphatic heterocycles. The number of fused-ring (bicyclic) bond motifs is 1. The highest BCUT2D eigenvalue weighted by Crippen LogP contribution is 2.42. The zero-order valence-electron chi connectivity index (χ0n) is 17.1. The van der Waals surface area contributed by atoms with Crippen LogP contribution in [0, 0.1) is 0 Å². The van der Waals surface area contributed by atoms with Crippen LogP contribution in [-0.2, 0) is 19.3 Å². The van der Waals surface area contributed by atoms with Crippen LogP contribution >= 0.6 is 0 Å². The molecule has 0 bridgehead atoms. The van der Waals surface area contributed by atoms with E-state index >= 15 is 0 Å². The molecule has 2 atom stereocenters. The topological polar surface area (TPSA) is 101 Å².